The molecule has 4 rings (SSSR count). The second kappa shape index (κ2) is 7.81. The number of halogens is 2. The number of carbonyl (C=O) groups is 1. The molecule has 0 spiro atoms. The molecule has 150 valence electrons. The maximum Gasteiger partial charge on any atom is 0.324 e. The number of carbonyl (C=O) groups excluding carboxylic acids is 1. The lowest BCUT2D eigenvalue weighted by molar-refractivity contribution is 0.212. The van der Waals surface area contributed by atoms with Crippen molar-refractivity contribution in [2.45, 2.75) is 11.4 Å². The summed E-state index contributed by atoms with van der Waals surface area (Å²) in [5, 5.41) is 11.0. The Morgan fingerprint density at radius 1 is 1.21 bits per heavy atom. The molecular weight excluding hydrogens is 483 g/mol. The number of hydrogen-bond donors (Lipinski definition) is 1. The summed E-state index contributed by atoms with van der Waals surface area (Å²) in [7, 11) is -3.45. The molecule has 0 saturated heterocycles. The van der Waals surface area contributed by atoms with Gasteiger partial charge in [0.15, 0.2) is 14.8 Å². The zero-order valence-electron chi connectivity index (χ0n) is 14.8. The molecule has 0 unspecified atom stereocenters. The first-order chi connectivity index (χ1) is 13.8. The first-order valence-electron chi connectivity index (χ1n) is 8.49. The molecule has 3 aromatic rings. The zero-order valence-corrected chi connectivity index (χ0v) is 18.0. The van der Waals surface area contributed by atoms with Crippen LogP contribution in [0.25, 0.3) is 10.6 Å². The van der Waals surface area contributed by atoms with Crippen LogP contribution in [0, 0.1) is 5.82 Å². The van der Waals surface area contributed by atoms with E-state index < -0.39 is 21.7 Å². The maximum absolute atomic E-state index is 14.0. The molecule has 0 bridgehead atoms. The molecular formula is C18H14BrFN4O3S2. The third-order valence-electron chi connectivity index (χ3n) is 4.38. The molecule has 0 atom stereocenters. The fourth-order valence-corrected chi connectivity index (χ4v) is 5.56. The van der Waals surface area contributed by atoms with Crippen LogP contribution in [-0.4, -0.2) is 41.8 Å². The number of hydrogen-bond acceptors (Lipinski definition) is 6. The van der Waals surface area contributed by atoms with Crippen LogP contribution in [0.1, 0.15) is 5.56 Å². The third-order valence-corrected chi connectivity index (χ3v) is 7.54. The largest absolute Gasteiger partial charge is 0.324 e. The average Bonchev–Trinajstić information content (AvgIpc) is 3.09. The molecule has 1 aliphatic heterocycles. The summed E-state index contributed by atoms with van der Waals surface area (Å²) in [6.07, 6.45) is 0. The van der Waals surface area contributed by atoms with Gasteiger partial charge >= 0.3 is 6.03 Å². The Morgan fingerprint density at radius 2 is 2.00 bits per heavy atom. The van der Waals surface area contributed by atoms with Gasteiger partial charge in [0.2, 0.25) is 5.13 Å². The van der Waals surface area contributed by atoms with Gasteiger partial charge in [-0.05, 0) is 29.8 Å². The van der Waals surface area contributed by atoms with Gasteiger partial charge in [-0.15, -0.1) is 10.2 Å². The number of anilines is 1. The predicted molar refractivity (Wildman–Crippen MR) is 111 cm³/mol. The number of urea groups is 1. The molecule has 2 heterocycles. The highest BCUT2D eigenvalue weighted by atomic mass is 79.9. The number of benzene rings is 2. The van der Waals surface area contributed by atoms with Crippen molar-refractivity contribution in [1.82, 2.24) is 15.1 Å². The SMILES string of the molecule is O=C(Nc1nnc(-c2cc(Br)ccc2F)s1)N1CCS(=O)(=O)c2ccccc2C1. The van der Waals surface area contributed by atoms with Crippen molar-refractivity contribution in [1.29, 1.82) is 0 Å². The normalized spacial score (nSPS) is 15.4. The number of fused-ring (bicyclic) bond motifs is 1. The van der Waals surface area contributed by atoms with E-state index >= 15 is 0 Å². The Kier molecular flexibility index (Phi) is 5.36. The number of sulfone groups is 1. The van der Waals surface area contributed by atoms with Gasteiger partial charge in [-0.2, -0.15) is 0 Å². The molecule has 1 aliphatic rings. The lowest BCUT2D eigenvalue weighted by Crippen LogP contribution is -2.36. The average molecular weight is 497 g/mol. The summed E-state index contributed by atoms with van der Waals surface area (Å²) in [5.41, 5.74) is 0.835. The fourth-order valence-electron chi connectivity index (χ4n) is 2.95. The van der Waals surface area contributed by atoms with E-state index in [4.69, 9.17) is 0 Å². The van der Waals surface area contributed by atoms with Crippen LogP contribution in [0.5, 0.6) is 0 Å². The van der Waals surface area contributed by atoms with Crippen LogP contribution >= 0.6 is 27.3 Å². The van der Waals surface area contributed by atoms with Crippen LogP contribution in [0.4, 0.5) is 14.3 Å². The van der Waals surface area contributed by atoms with Crippen LogP contribution in [0.3, 0.4) is 0 Å². The summed E-state index contributed by atoms with van der Waals surface area (Å²) in [4.78, 5) is 14.3. The summed E-state index contributed by atoms with van der Waals surface area (Å²) in [5.74, 6) is -0.612. The van der Waals surface area contributed by atoms with Gasteiger partial charge < -0.3 is 4.90 Å². The van der Waals surface area contributed by atoms with E-state index in [9.17, 15) is 17.6 Å². The van der Waals surface area contributed by atoms with Crippen LogP contribution in [0.2, 0.25) is 0 Å². The Morgan fingerprint density at radius 3 is 2.83 bits per heavy atom. The Balaban J connectivity index is 1.53. The summed E-state index contributed by atoms with van der Waals surface area (Å²) in [6, 6.07) is 10.6. The highest BCUT2D eigenvalue weighted by molar-refractivity contribution is 9.10. The molecule has 0 radical (unpaired) electrons. The number of nitrogens with one attached hydrogen (secondary N) is 1. The predicted octanol–water partition coefficient (Wildman–Crippen LogP) is 3.93. The second-order valence-corrected chi connectivity index (χ2v) is 10.3. The topological polar surface area (TPSA) is 92.3 Å². The highest BCUT2D eigenvalue weighted by Gasteiger charge is 2.28. The Bertz CT molecular complexity index is 1200. The van der Waals surface area contributed by atoms with E-state index in [1.807, 2.05) is 0 Å². The van der Waals surface area contributed by atoms with Crippen molar-refractivity contribution in [2.75, 3.05) is 17.6 Å². The van der Waals surface area contributed by atoms with Crippen molar-refractivity contribution >= 4 is 48.3 Å². The van der Waals surface area contributed by atoms with Crippen LogP contribution < -0.4 is 5.32 Å². The van der Waals surface area contributed by atoms with E-state index in [1.165, 1.54) is 11.0 Å². The summed E-state index contributed by atoms with van der Waals surface area (Å²) < 4.78 is 39.6. The Labute approximate surface area is 178 Å². The van der Waals surface area contributed by atoms with Crippen molar-refractivity contribution in [3.8, 4) is 10.6 Å². The van der Waals surface area contributed by atoms with Gasteiger partial charge in [0, 0.05) is 23.1 Å². The molecule has 0 saturated carbocycles. The summed E-state index contributed by atoms with van der Waals surface area (Å²) >= 11 is 4.32. The molecule has 7 nitrogen and oxygen atoms in total. The van der Waals surface area contributed by atoms with Gasteiger partial charge in [0.05, 0.1) is 10.6 Å². The highest BCUT2D eigenvalue weighted by Crippen LogP contribution is 2.31. The lowest BCUT2D eigenvalue weighted by atomic mass is 10.2. The number of nitrogens with zero attached hydrogens (tertiary/aromatic N) is 3. The first kappa shape index (κ1) is 19.9. The summed E-state index contributed by atoms with van der Waals surface area (Å²) in [6.45, 7) is 0.210. The van der Waals surface area contributed by atoms with Gasteiger partial charge in [-0.3, -0.25) is 5.32 Å². The molecule has 0 aliphatic carbocycles. The van der Waals surface area contributed by atoms with Crippen molar-refractivity contribution in [3.63, 3.8) is 0 Å². The van der Waals surface area contributed by atoms with E-state index in [0.717, 1.165) is 11.3 Å². The van der Waals surface area contributed by atoms with E-state index in [2.05, 4.69) is 31.4 Å². The first-order valence-corrected chi connectivity index (χ1v) is 11.8. The van der Waals surface area contributed by atoms with Gasteiger partial charge in [-0.25, -0.2) is 17.6 Å². The van der Waals surface area contributed by atoms with Crippen molar-refractivity contribution < 1.29 is 17.6 Å². The minimum atomic E-state index is -3.45. The van der Waals surface area contributed by atoms with Crippen molar-refractivity contribution in [3.05, 3.63) is 58.3 Å². The fraction of sp³-hybridized carbons (Fsp3) is 0.167. The van der Waals surface area contributed by atoms with Crippen LogP contribution in [-0.2, 0) is 16.4 Å². The molecule has 11 heteroatoms. The molecule has 1 aromatic heterocycles. The molecule has 29 heavy (non-hydrogen) atoms. The second-order valence-electron chi connectivity index (χ2n) is 6.31. The van der Waals surface area contributed by atoms with Gasteiger partial charge in [0.1, 0.15) is 5.82 Å². The quantitative estimate of drug-likeness (QED) is 0.580. The number of rotatable bonds is 2. The number of amides is 2. The smallest absolute Gasteiger partial charge is 0.319 e. The lowest BCUT2D eigenvalue weighted by Gasteiger charge is -2.19. The standard InChI is InChI=1S/C18H14BrFN4O3S2/c19-12-5-6-14(20)13(9-12)16-22-23-17(28-16)21-18(25)24-7-8-29(26,27)15-4-2-1-3-11(15)10-24/h1-6,9H,7-8,10H2,(H,21,23,25). The van der Waals surface area contributed by atoms with Crippen LogP contribution in [0.15, 0.2) is 51.8 Å². The Hall–Kier alpha value is -2.37. The van der Waals surface area contributed by atoms with E-state index in [0.29, 0.717) is 15.0 Å². The molecule has 1 N–H and O–H groups in total. The zero-order chi connectivity index (χ0) is 20.6. The minimum Gasteiger partial charge on any atom is -0.319 e. The van der Waals surface area contributed by atoms with E-state index in [1.54, 1.807) is 36.4 Å². The number of aromatic nitrogens is 2. The third kappa shape index (κ3) is 4.16. The van der Waals surface area contributed by atoms with Crippen molar-refractivity contribution in [2.24, 2.45) is 0 Å². The molecule has 2 aromatic carbocycles. The maximum atomic E-state index is 14.0. The van der Waals surface area contributed by atoms with Gasteiger partial charge in [0.25, 0.3) is 0 Å². The van der Waals surface area contributed by atoms with E-state index in [-0.39, 0.29) is 34.4 Å². The monoisotopic (exact) mass is 496 g/mol. The molecule has 0 fully saturated rings. The molecule has 2 amide bonds. The van der Waals surface area contributed by atoms with Gasteiger partial charge in [-0.1, -0.05) is 45.5 Å². The minimum absolute atomic E-state index is 0.0504.